The summed E-state index contributed by atoms with van der Waals surface area (Å²) in [6.07, 6.45) is 0. The molecule has 0 bridgehead atoms. The zero-order valence-corrected chi connectivity index (χ0v) is 47.5. The quantitative estimate of drug-likeness (QED) is 0.205. The van der Waals surface area contributed by atoms with Gasteiger partial charge in [0.25, 0.3) is 0 Å². The van der Waals surface area contributed by atoms with Crippen molar-refractivity contribution in [2.75, 3.05) is 0 Å². The van der Waals surface area contributed by atoms with E-state index in [1.165, 1.54) is 0 Å². The Labute approximate surface area is 481 Å². The van der Waals surface area contributed by atoms with Gasteiger partial charge in [-0.1, -0.05) is 0 Å². The predicted octanol–water partition coefficient (Wildman–Crippen LogP) is -34.9. The van der Waals surface area contributed by atoms with Crippen molar-refractivity contribution in [3.63, 3.8) is 0 Å². The summed E-state index contributed by atoms with van der Waals surface area (Å²) in [5.74, 6) is 0. The van der Waals surface area contributed by atoms with Gasteiger partial charge in [0.1, 0.15) is 0 Å². The van der Waals surface area contributed by atoms with Gasteiger partial charge >= 0.3 is 410 Å². The minimum Gasteiger partial charge on any atom is -0.907 e. The number of rotatable bonds is 0. The first-order chi connectivity index (χ1) is 6.93. The Morgan fingerprint density at radius 3 is 0.280 bits per heavy atom. The van der Waals surface area contributed by atoms with Crippen molar-refractivity contribution in [1.82, 2.24) is 0 Å². The molecule has 0 aromatic heterocycles. The molecule has 0 saturated heterocycles. The van der Waals surface area contributed by atoms with Crippen molar-refractivity contribution in [3.8, 4) is 0 Å². The van der Waals surface area contributed by atoms with E-state index in [-0.39, 0.29) is 410 Å². The van der Waals surface area contributed by atoms with Gasteiger partial charge in [-0.3, -0.25) is 29.3 Å². The number of hydrogen-bond donors (Lipinski definition) is 0. The molecule has 96 valence electrons. The van der Waals surface area contributed by atoms with Crippen molar-refractivity contribution in [2.45, 2.75) is 0 Å². The Kier molecular flexibility index (Phi) is 255. The molecule has 0 aliphatic heterocycles. The topological polar surface area (TPSA) is 277 Å². The van der Waals surface area contributed by atoms with Gasteiger partial charge in [-0.15, -0.1) is 0 Å². The SMILES string of the molecule is [Ba+2].[Ba+2].[Ba+2].[Cs+].[Cs+].[Cs+].[Li+].[Li+].[Li+].[O-]B([O-])[O-].[O-]B([O-])[O-].[O-]B([O-])[O-].[O-]B([O-])[O-]. The van der Waals surface area contributed by atoms with Gasteiger partial charge < -0.3 is 60.3 Å². The van der Waals surface area contributed by atoms with Crippen LogP contribution in [0.5, 0.6) is 0 Å². The Bertz CT molecular complexity index is 93.8. The van der Waals surface area contributed by atoms with Crippen molar-refractivity contribution >= 4 is 176 Å². The maximum Gasteiger partial charge on any atom is 2.00 e. The molecule has 0 aromatic rings. The Morgan fingerprint density at radius 2 is 0.280 bits per heavy atom. The second-order valence-corrected chi connectivity index (χ2v) is 1.15. The van der Waals surface area contributed by atoms with Gasteiger partial charge in [-0.05, 0) is 0 Å². The summed E-state index contributed by atoms with van der Waals surface area (Å²) >= 11 is 0. The van der Waals surface area contributed by atoms with E-state index >= 15 is 0 Å². The van der Waals surface area contributed by atoms with Crippen molar-refractivity contribution in [1.29, 1.82) is 0 Å². The molecular weight excluding hydrogens is 1070 g/mol. The first-order valence-corrected chi connectivity index (χ1v) is 2.83. The summed E-state index contributed by atoms with van der Waals surface area (Å²) in [4.78, 5) is 0. The predicted molar refractivity (Wildman–Crippen MR) is 40.3 cm³/mol. The molecule has 25 heavy (non-hydrogen) atoms. The molecular formula is B4Ba3Cs3Li3O12. The third-order valence-corrected chi connectivity index (χ3v) is 0. The fourth-order valence-corrected chi connectivity index (χ4v) is 0. The van der Waals surface area contributed by atoms with E-state index in [1.807, 2.05) is 0 Å². The van der Waals surface area contributed by atoms with E-state index in [9.17, 15) is 0 Å². The van der Waals surface area contributed by atoms with Gasteiger partial charge in [0.15, 0.2) is 0 Å². The fraction of sp³-hybridized carbons (Fsp3) is 0. The summed E-state index contributed by atoms with van der Waals surface area (Å²) in [5.41, 5.74) is 0. The van der Waals surface area contributed by atoms with Gasteiger partial charge in [0, 0.05) is 0 Å². The minimum atomic E-state index is -2.92. The molecule has 0 aromatic carbocycles. The summed E-state index contributed by atoms with van der Waals surface area (Å²) in [6.45, 7) is 0. The van der Waals surface area contributed by atoms with Crippen molar-refractivity contribution in [2.24, 2.45) is 0 Å². The normalized spacial score (nSPS) is 4.32. The summed E-state index contributed by atoms with van der Waals surface area (Å²) in [7, 11) is -11.7. The molecule has 0 saturated carbocycles. The maximum atomic E-state index is 8.42. The standard InChI is InChI=1S/4BO3.3Ba.3Cs.3Li/c4*2-1(3)4;;;;;;;;;/q4*-3;3*+2;6*+1. The molecule has 0 aliphatic carbocycles. The fourth-order valence-electron chi connectivity index (χ4n) is 0. The van der Waals surface area contributed by atoms with Crippen LogP contribution in [0.3, 0.4) is 0 Å². The van der Waals surface area contributed by atoms with E-state index < -0.39 is 29.3 Å². The molecule has 25 heteroatoms. The monoisotopic (exact) mass is 1070 g/mol. The van der Waals surface area contributed by atoms with Crippen LogP contribution in [-0.4, -0.2) is 176 Å². The molecule has 0 unspecified atom stereocenters. The molecule has 0 atom stereocenters. The second kappa shape index (κ2) is 76.6. The van der Waals surface area contributed by atoms with Crippen LogP contribution >= 0.6 is 0 Å². The smallest absolute Gasteiger partial charge is 0.907 e. The average Bonchev–Trinajstić information content (AvgIpc) is 1.76. The third kappa shape index (κ3) is 279. The van der Waals surface area contributed by atoms with Crippen LogP contribution in [0.15, 0.2) is 0 Å². The largest absolute Gasteiger partial charge is 2.00 e. The molecule has 0 heterocycles. The molecule has 12 nitrogen and oxygen atoms in total. The first kappa shape index (κ1) is 83.2. The molecule has 0 fully saturated rings. The second-order valence-electron chi connectivity index (χ2n) is 1.15. The zero-order valence-electron chi connectivity index (χ0n) is 15.3. The Balaban J connectivity index is -0.00000000623. The molecule has 0 rings (SSSR count). The molecule has 0 radical (unpaired) electrons. The summed E-state index contributed by atoms with van der Waals surface area (Å²) < 4.78 is 0. The van der Waals surface area contributed by atoms with Crippen LogP contribution in [0, 0.1) is 0 Å². The molecule has 0 amide bonds. The average molecular weight is 1070 g/mol. The van der Waals surface area contributed by atoms with Crippen LogP contribution in [0.2, 0.25) is 0 Å². The van der Waals surface area contributed by atoms with Crippen molar-refractivity contribution in [3.05, 3.63) is 0 Å². The van der Waals surface area contributed by atoms with E-state index in [4.69, 9.17) is 60.3 Å². The Hall–Kier alpha value is 12.4. The van der Waals surface area contributed by atoms with Crippen LogP contribution < -0.4 is 324 Å². The van der Waals surface area contributed by atoms with Gasteiger partial charge in [-0.2, -0.15) is 0 Å². The van der Waals surface area contributed by atoms with E-state index in [0.717, 1.165) is 0 Å². The van der Waals surface area contributed by atoms with Crippen LogP contribution in [0.25, 0.3) is 0 Å². The Morgan fingerprint density at radius 1 is 0.280 bits per heavy atom. The van der Waals surface area contributed by atoms with Gasteiger partial charge in [-0.25, -0.2) is 0 Å². The van der Waals surface area contributed by atoms with E-state index in [0.29, 0.717) is 0 Å². The summed E-state index contributed by atoms with van der Waals surface area (Å²) in [6, 6.07) is 0. The molecule has 0 N–H and O–H groups in total. The van der Waals surface area contributed by atoms with Crippen LogP contribution in [-0.2, 0) is 0 Å². The summed E-state index contributed by atoms with van der Waals surface area (Å²) in [5, 5.41) is 101. The van der Waals surface area contributed by atoms with Crippen LogP contribution in [0.4, 0.5) is 0 Å². The maximum absolute atomic E-state index is 8.42. The zero-order chi connectivity index (χ0) is 14.3. The first-order valence-electron chi connectivity index (χ1n) is 2.83. The van der Waals surface area contributed by atoms with Crippen molar-refractivity contribution < 1.29 is 324 Å². The number of hydrogen-bond acceptors (Lipinski definition) is 12. The third-order valence-electron chi connectivity index (χ3n) is 0. The van der Waals surface area contributed by atoms with Crippen LogP contribution in [0.1, 0.15) is 0 Å². The van der Waals surface area contributed by atoms with Gasteiger partial charge in [0.2, 0.25) is 0 Å². The van der Waals surface area contributed by atoms with E-state index in [2.05, 4.69) is 0 Å². The van der Waals surface area contributed by atoms with Gasteiger partial charge in [0.05, 0.1) is 0 Å². The minimum absolute atomic E-state index is 0. The molecule has 0 aliphatic rings. The van der Waals surface area contributed by atoms with E-state index in [1.54, 1.807) is 0 Å². The molecule has 0 spiro atoms.